The lowest BCUT2D eigenvalue weighted by Gasteiger charge is -2.08. The third-order valence-corrected chi connectivity index (χ3v) is 2.75. The number of hydrogen-bond acceptors (Lipinski definition) is 3. The molecule has 2 N–H and O–H groups in total. The lowest BCUT2D eigenvalue weighted by molar-refractivity contribution is 0.102. The molecule has 0 spiro atoms. The van der Waals surface area contributed by atoms with Gasteiger partial charge in [0.15, 0.2) is 11.6 Å². The first-order valence-corrected chi connectivity index (χ1v) is 5.87. The van der Waals surface area contributed by atoms with Crippen LogP contribution < -0.4 is 5.32 Å². The van der Waals surface area contributed by atoms with E-state index in [2.05, 4.69) is 26.2 Å². The van der Waals surface area contributed by atoms with Crippen LogP contribution in [-0.2, 0) is 0 Å². The quantitative estimate of drug-likeness (QED) is 0.890. The maximum absolute atomic E-state index is 13.5. The summed E-state index contributed by atoms with van der Waals surface area (Å²) < 4.78 is 27.3. The average Bonchev–Trinajstić information content (AvgIpc) is 2.34. The van der Waals surface area contributed by atoms with Gasteiger partial charge >= 0.3 is 0 Å². The zero-order valence-corrected chi connectivity index (χ0v) is 10.9. The molecule has 0 bridgehead atoms. The Labute approximate surface area is 115 Å². The Balaban J connectivity index is 2.32. The van der Waals surface area contributed by atoms with Crippen LogP contribution in [0.1, 0.15) is 10.4 Å². The summed E-state index contributed by atoms with van der Waals surface area (Å²) in [5.74, 6) is -3.06. The van der Waals surface area contributed by atoms with Gasteiger partial charge in [-0.2, -0.15) is 0 Å². The molecule has 19 heavy (non-hydrogen) atoms. The predicted octanol–water partition coefficient (Wildman–Crippen LogP) is 3.08. The third kappa shape index (κ3) is 2.87. The van der Waals surface area contributed by atoms with Crippen LogP contribution in [0, 0.1) is 11.6 Å². The Hall–Kier alpha value is -2.02. The van der Waals surface area contributed by atoms with E-state index in [1.807, 2.05) is 0 Å². The van der Waals surface area contributed by atoms with Gasteiger partial charge in [0.1, 0.15) is 11.4 Å². The Bertz CT molecular complexity index is 626. The maximum atomic E-state index is 13.5. The Morgan fingerprint density at radius 3 is 2.53 bits per heavy atom. The summed E-state index contributed by atoms with van der Waals surface area (Å²) in [6.07, 6.45) is 2.34. The molecule has 98 valence electrons. The molecule has 0 atom stereocenters. The molecule has 0 radical (unpaired) electrons. The highest BCUT2D eigenvalue weighted by Crippen LogP contribution is 2.25. The molecule has 1 aromatic carbocycles. The van der Waals surface area contributed by atoms with E-state index in [1.165, 1.54) is 12.3 Å². The van der Waals surface area contributed by atoms with E-state index in [0.29, 0.717) is 0 Å². The number of halogens is 3. The van der Waals surface area contributed by atoms with Crippen LogP contribution in [0.4, 0.5) is 14.5 Å². The number of anilines is 1. The summed E-state index contributed by atoms with van der Waals surface area (Å²) in [4.78, 5) is 15.4. The maximum Gasteiger partial charge on any atom is 0.259 e. The van der Waals surface area contributed by atoms with Crippen LogP contribution >= 0.6 is 15.9 Å². The molecule has 1 aromatic heterocycles. The first kappa shape index (κ1) is 13.4. The lowest BCUT2D eigenvalue weighted by atomic mass is 10.2. The fourth-order valence-electron chi connectivity index (χ4n) is 1.42. The van der Waals surface area contributed by atoms with Crippen molar-refractivity contribution < 1.29 is 18.7 Å². The first-order chi connectivity index (χ1) is 8.99. The second-order valence-corrected chi connectivity index (χ2v) is 4.51. The molecule has 0 aliphatic heterocycles. The van der Waals surface area contributed by atoms with Crippen molar-refractivity contribution in [2.75, 3.05) is 5.32 Å². The van der Waals surface area contributed by atoms with Crippen molar-refractivity contribution in [1.29, 1.82) is 0 Å². The van der Waals surface area contributed by atoms with E-state index < -0.39 is 23.2 Å². The fraction of sp³-hybridized carbons (Fsp3) is 0. The van der Waals surface area contributed by atoms with Crippen molar-refractivity contribution in [2.24, 2.45) is 0 Å². The summed E-state index contributed by atoms with van der Waals surface area (Å²) in [6.45, 7) is 0. The number of aromatic nitrogens is 1. The molecule has 1 amide bonds. The monoisotopic (exact) mass is 328 g/mol. The fourth-order valence-corrected chi connectivity index (χ4v) is 1.82. The van der Waals surface area contributed by atoms with Crippen molar-refractivity contribution in [1.82, 2.24) is 4.98 Å². The van der Waals surface area contributed by atoms with Crippen LogP contribution in [0.3, 0.4) is 0 Å². The van der Waals surface area contributed by atoms with Gasteiger partial charge in [0.05, 0.1) is 11.8 Å². The average molecular weight is 329 g/mol. The van der Waals surface area contributed by atoms with Gasteiger partial charge in [-0.1, -0.05) is 15.9 Å². The van der Waals surface area contributed by atoms with Crippen LogP contribution in [0.2, 0.25) is 0 Å². The van der Waals surface area contributed by atoms with E-state index in [-0.39, 0.29) is 15.8 Å². The molecule has 0 aliphatic carbocycles. The van der Waals surface area contributed by atoms with Crippen LogP contribution in [0.15, 0.2) is 35.1 Å². The summed E-state index contributed by atoms with van der Waals surface area (Å²) in [7, 11) is 0. The molecule has 2 rings (SSSR count). The third-order valence-electron chi connectivity index (χ3n) is 2.29. The first-order valence-electron chi connectivity index (χ1n) is 5.08. The zero-order chi connectivity index (χ0) is 14.0. The van der Waals surface area contributed by atoms with Crippen molar-refractivity contribution in [3.05, 3.63) is 52.3 Å². The number of nitrogens with one attached hydrogen (secondary N) is 1. The Morgan fingerprint density at radius 1 is 1.32 bits per heavy atom. The molecule has 0 aliphatic rings. The zero-order valence-electron chi connectivity index (χ0n) is 9.32. The number of hydrogen-bond donors (Lipinski definition) is 2. The largest absolute Gasteiger partial charge is 0.505 e. The Morgan fingerprint density at radius 2 is 1.95 bits per heavy atom. The smallest absolute Gasteiger partial charge is 0.259 e. The molecular weight excluding hydrogens is 322 g/mol. The minimum Gasteiger partial charge on any atom is -0.505 e. The molecule has 0 saturated carbocycles. The minimum absolute atomic E-state index is 0.128. The van der Waals surface area contributed by atoms with Crippen molar-refractivity contribution >= 4 is 27.5 Å². The number of pyridine rings is 1. The van der Waals surface area contributed by atoms with Gasteiger partial charge in [-0.05, 0) is 18.2 Å². The number of rotatable bonds is 2. The second-order valence-electron chi connectivity index (χ2n) is 3.59. The van der Waals surface area contributed by atoms with Gasteiger partial charge in [-0.25, -0.2) is 8.78 Å². The van der Waals surface area contributed by atoms with E-state index in [1.54, 1.807) is 0 Å². The number of carbonyl (C=O) groups is 1. The molecule has 1 heterocycles. The molecule has 7 heteroatoms. The minimum atomic E-state index is -0.922. The number of nitrogens with zero attached hydrogens (tertiary/aromatic N) is 1. The normalized spacial score (nSPS) is 10.3. The molecule has 0 unspecified atom stereocenters. The summed E-state index contributed by atoms with van der Waals surface area (Å²) in [5.41, 5.74) is -0.707. The summed E-state index contributed by atoms with van der Waals surface area (Å²) >= 11 is 2.93. The van der Waals surface area contributed by atoms with E-state index >= 15 is 0 Å². The Kier molecular flexibility index (Phi) is 3.75. The molecular formula is C12H7BrF2N2O2. The number of aromatic hydroxyl groups is 1. The highest BCUT2D eigenvalue weighted by molar-refractivity contribution is 9.10. The molecule has 0 saturated heterocycles. The lowest BCUT2D eigenvalue weighted by Crippen LogP contribution is -2.14. The molecule has 4 nitrogen and oxygen atoms in total. The van der Waals surface area contributed by atoms with Gasteiger partial charge in [0.2, 0.25) is 0 Å². The second kappa shape index (κ2) is 5.31. The van der Waals surface area contributed by atoms with Crippen LogP contribution in [0.25, 0.3) is 0 Å². The standard InChI is InChI=1S/C12H7BrF2N2O2/c13-6-3-8(14)11(9(15)4-6)17-12(19)7-1-2-16-5-10(7)18/h1-5,18H,(H,17,19). The summed E-state index contributed by atoms with van der Waals surface area (Å²) in [6, 6.07) is 3.27. The van der Waals surface area contributed by atoms with Crippen LogP contribution in [-0.4, -0.2) is 16.0 Å². The van der Waals surface area contributed by atoms with E-state index in [9.17, 15) is 18.7 Å². The van der Waals surface area contributed by atoms with Gasteiger partial charge in [0, 0.05) is 10.7 Å². The van der Waals surface area contributed by atoms with Gasteiger partial charge in [-0.15, -0.1) is 0 Å². The van der Waals surface area contributed by atoms with Crippen LogP contribution in [0.5, 0.6) is 5.75 Å². The number of carbonyl (C=O) groups excluding carboxylic acids is 1. The highest BCUT2D eigenvalue weighted by atomic mass is 79.9. The van der Waals surface area contributed by atoms with Crippen molar-refractivity contribution in [2.45, 2.75) is 0 Å². The van der Waals surface area contributed by atoms with Crippen molar-refractivity contribution in [3.63, 3.8) is 0 Å². The van der Waals surface area contributed by atoms with Gasteiger partial charge in [0.25, 0.3) is 5.91 Å². The molecule has 0 fully saturated rings. The highest BCUT2D eigenvalue weighted by Gasteiger charge is 2.16. The van der Waals surface area contributed by atoms with E-state index in [0.717, 1.165) is 18.3 Å². The summed E-state index contributed by atoms with van der Waals surface area (Å²) in [5, 5.41) is 11.5. The predicted molar refractivity (Wildman–Crippen MR) is 67.9 cm³/mol. The van der Waals surface area contributed by atoms with Crippen molar-refractivity contribution in [3.8, 4) is 5.75 Å². The topological polar surface area (TPSA) is 62.2 Å². The number of amides is 1. The van der Waals surface area contributed by atoms with E-state index in [4.69, 9.17) is 0 Å². The SMILES string of the molecule is O=C(Nc1c(F)cc(Br)cc1F)c1ccncc1O. The van der Waals surface area contributed by atoms with Gasteiger partial charge < -0.3 is 10.4 Å². The number of benzene rings is 1. The van der Waals surface area contributed by atoms with Gasteiger partial charge in [-0.3, -0.25) is 9.78 Å². The molecule has 2 aromatic rings.